The lowest BCUT2D eigenvalue weighted by Crippen LogP contribution is -2.28. The van der Waals surface area contributed by atoms with Crippen molar-refractivity contribution in [2.75, 3.05) is 0 Å². The molecule has 1 fully saturated rings. The minimum atomic E-state index is -0.351. The zero-order chi connectivity index (χ0) is 13.0. The minimum Gasteiger partial charge on any atom is -0.508 e. The first-order valence-electron chi connectivity index (χ1n) is 6.50. The third-order valence-corrected chi connectivity index (χ3v) is 3.52. The third kappa shape index (κ3) is 3.19. The van der Waals surface area contributed by atoms with Gasteiger partial charge in [0.05, 0.1) is 5.92 Å². The van der Waals surface area contributed by atoms with E-state index < -0.39 is 0 Å². The molecule has 0 saturated heterocycles. The van der Waals surface area contributed by atoms with Crippen molar-refractivity contribution in [3.63, 3.8) is 0 Å². The van der Waals surface area contributed by atoms with E-state index in [0.717, 1.165) is 24.8 Å². The number of hydrogen-bond donors (Lipinski definition) is 1. The van der Waals surface area contributed by atoms with Crippen molar-refractivity contribution in [1.82, 2.24) is 0 Å². The van der Waals surface area contributed by atoms with Crippen LogP contribution in [0.2, 0.25) is 0 Å². The van der Waals surface area contributed by atoms with Gasteiger partial charge in [-0.15, -0.1) is 0 Å². The van der Waals surface area contributed by atoms with Gasteiger partial charge in [0.2, 0.25) is 0 Å². The van der Waals surface area contributed by atoms with E-state index in [1.807, 2.05) is 12.1 Å². The molecule has 18 heavy (non-hydrogen) atoms. The van der Waals surface area contributed by atoms with Crippen molar-refractivity contribution in [2.45, 2.75) is 38.5 Å². The van der Waals surface area contributed by atoms with Gasteiger partial charge in [-0.25, -0.2) is 0 Å². The predicted octanol–water partition coefficient (Wildman–Crippen LogP) is 2.65. The van der Waals surface area contributed by atoms with Crippen LogP contribution in [0.25, 0.3) is 0 Å². The van der Waals surface area contributed by atoms with E-state index in [1.165, 1.54) is 0 Å². The maximum absolute atomic E-state index is 11.6. The fourth-order valence-electron chi connectivity index (χ4n) is 2.46. The van der Waals surface area contributed by atoms with Crippen molar-refractivity contribution in [1.29, 1.82) is 0 Å². The van der Waals surface area contributed by atoms with Crippen LogP contribution in [0, 0.1) is 5.92 Å². The smallest absolute Gasteiger partial charge is 0.143 e. The molecule has 1 saturated carbocycles. The van der Waals surface area contributed by atoms with Gasteiger partial charge in [0.25, 0.3) is 0 Å². The number of Topliss-reactive ketones (excluding diaryl/α,β-unsaturated/α-hetero) is 2. The molecule has 0 spiro atoms. The number of carbonyl (C=O) groups excluding carboxylic acids is 2. The van der Waals surface area contributed by atoms with Gasteiger partial charge in [-0.2, -0.15) is 0 Å². The molecule has 0 amide bonds. The maximum atomic E-state index is 11.6. The molecule has 3 heteroatoms. The summed E-state index contributed by atoms with van der Waals surface area (Å²) < 4.78 is 0. The molecule has 1 aliphatic rings. The second-order valence-corrected chi connectivity index (χ2v) is 4.90. The lowest BCUT2D eigenvalue weighted by atomic mass is 9.83. The molecule has 0 atom stereocenters. The molecule has 2 rings (SSSR count). The van der Waals surface area contributed by atoms with Gasteiger partial charge in [0.15, 0.2) is 0 Å². The Labute approximate surface area is 107 Å². The second-order valence-electron chi connectivity index (χ2n) is 4.90. The first-order valence-corrected chi connectivity index (χ1v) is 6.50. The van der Waals surface area contributed by atoms with Crippen molar-refractivity contribution < 1.29 is 14.7 Å². The van der Waals surface area contributed by atoms with Crippen molar-refractivity contribution in [3.05, 3.63) is 29.8 Å². The average Bonchev–Trinajstić information content (AvgIpc) is 2.35. The quantitative estimate of drug-likeness (QED) is 0.831. The molecule has 0 unspecified atom stereocenters. The van der Waals surface area contributed by atoms with E-state index >= 15 is 0 Å². The van der Waals surface area contributed by atoms with Gasteiger partial charge >= 0.3 is 0 Å². The molecular weight excluding hydrogens is 228 g/mol. The van der Waals surface area contributed by atoms with Gasteiger partial charge in [0.1, 0.15) is 17.3 Å². The Hall–Kier alpha value is -1.64. The molecule has 0 aliphatic heterocycles. The summed E-state index contributed by atoms with van der Waals surface area (Å²) in [5.74, 6) is 0.154. The summed E-state index contributed by atoms with van der Waals surface area (Å²) in [7, 11) is 0. The number of carbonyl (C=O) groups is 2. The zero-order valence-corrected chi connectivity index (χ0v) is 10.4. The maximum Gasteiger partial charge on any atom is 0.143 e. The highest BCUT2D eigenvalue weighted by Gasteiger charge is 2.28. The topological polar surface area (TPSA) is 54.4 Å². The van der Waals surface area contributed by atoms with Crippen LogP contribution in [0.3, 0.4) is 0 Å². The molecule has 96 valence electrons. The standard InChI is InChI=1S/C15H18O3/c16-12-9-7-11(8-10-12)3-1-4-13-14(17)5-2-6-15(13)18/h7-10,13,16H,1-6H2. The largest absolute Gasteiger partial charge is 0.508 e. The highest BCUT2D eigenvalue weighted by atomic mass is 16.3. The van der Waals surface area contributed by atoms with Gasteiger partial charge in [-0.3, -0.25) is 9.59 Å². The zero-order valence-electron chi connectivity index (χ0n) is 10.4. The van der Waals surface area contributed by atoms with Gasteiger partial charge in [-0.1, -0.05) is 12.1 Å². The SMILES string of the molecule is O=C1CCCC(=O)C1CCCc1ccc(O)cc1. The van der Waals surface area contributed by atoms with E-state index in [9.17, 15) is 9.59 Å². The summed E-state index contributed by atoms with van der Waals surface area (Å²) in [4.78, 5) is 23.3. The summed E-state index contributed by atoms with van der Waals surface area (Å²) in [5, 5.41) is 9.17. The normalized spacial score (nSPS) is 17.1. The second kappa shape index (κ2) is 5.80. The summed E-state index contributed by atoms with van der Waals surface area (Å²) in [5.41, 5.74) is 1.13. The van der Waals surface area contributed by atoms with Crippen LogP contribution in [0.1, 0.15) is 37.7 Å². The monoisotopic (exact) mass is 246 g/mol. The summed E-state index contributed by atoms with van der Waals surface area (Å²) in [6, 6.07) is 7.07. The number of phenolic OH excluding ortho intramolecular Hbond substituents is 1. The fourth-order valence-corrected chi connectivity index (χ4v) is 2.46. The van der Waals surface area contributed by atoms with Crippen LogP contribution >= 0.6 is 0 Å². The Kier molecular flexibility index (Phi) is 4.13. The number of hydrogen-bond acceptors (Lipinski definition) is 3. The van der Waals surface area contributed by atoms with Crippen LogP contribution in [-0.2, 0) is 16.0 Å². The van der Waals surface area contributed by atoms with E-state index in [0.29, 0.717) is 19.3 Å². The number of aromatic hydroxyl groups is 1. The third-order valence-electron chi connectivity index (χ3n) is 3.52. The number of ketones is 2. The number of rotatable bonds is 4. The highest BCUT2D eigenvalue weighted by Crippen LogP contribution is 2.22. The van der Waals surface area contributed by atoms with E-state index in [2.05, 4.69) is 0 Å². The van der Waals surface area contributed by atoms with E-state index in [1.54, 1.807) is 12.1 Å². The molecule has 0 radical (unpaired) electrons. The average molecular weight is 246 g/mol. The highest BCUT2D eigenvalue weighted by molar-refractivity contribution is 6.04. The molecule has 0 heterocycles. The summed E-state index contributed by atoms with van der Waals surface area (Å²) in [6.45, 7) is 0. The molecule has 0 aromatic heterocycles. The Morgan fingerprint density at radius 3 is 2.28 bits per heavy atom. The Bertz CT molecular complexity index is 418. The Morgan fingerprint density at radius 1 is 1.06 bits per heavy atom. The van der Waals surface area contributed by atoms with Crippen LogP contribution < -0.4 is 0 Å². The lowest BCUT2D eigenvalue weighted by molar-refractivity contribution is -0.135. The molecule has 1 aliphatic carbocycles. The van der Waals surface area contributed by atoms with E-state index in [4.69, 9.17) is 5.11 Å². The number of benzene rings is 1. The minimum absolute atomic E-state index is 0.122. The Balaban J connectivity index is 1.82. The fraction of sp³-hybridized carbons (Fsp3) is 0.467. The summed E-state index contributed by atoms with van der Waals surface area (Å²) in [6.07, 6.45) is 4.21. The van der Waals surface area contributed by atoms with Crippen LogP contribution in [0.15, 0.2) is 24.3 Å². The van der Waals surface area contributed by atoms with Crippen LogP contribution in [0.4, 0.5) is 0 Å². The first-order chi connectivity index (χ1) is 8.66. The van der Waals surface area contributed by atoms with Crippen molar-refractivity contribution in [2.24, 2.45) is 5.92 Å². The van der Waals surface area contributed by atoms with Gasteiger partial charge in [0, 0.05) is 12.8 Å². The van der Waals surface area contributed by atoms with Crippen molar-refractivity contribution >= 4 is 11.6 Å². The van der Waals surface area contributed by atoms with Crippen LogP contribution in [0.5, 0.6) is 5.75 Å². The van der Waals surface area contributed by atoms with Gasteiger partial charge < -0.3 is 5.11 Å². The lowest BCUT2D eigenvalue weighted by Gasteiger charge is -2.18. The molecule has 1 aromatic carbocycles. The molecule has 0 bridgehead atoms. The predicted molar refractivity (Wildman–Crippen MR) is 68.4 cm³/mol. The summed E-state index contributed by atoms with van der Waals surface area (Å²) >= 11 is 0. The van der Waals surface area contributed by atoms with Crippen molar-refractivity contribution in [3.8, 4) is 5.75 Å². The molecule has 1 N–H and O–H groups in total. The molecule has 1 aromatic rings. The molecule has 3 nitrogen and oxygen atoms in total. The Morgan fingerprint density at radius 2 is 1.67 bits per heavy atom. The first kappa shape index (κ1) is 12.8. The van der Waals surface area contributed by atoms with Gasteiger partial charge in [-0.05, 0) is 43.4 Å². The number of phenols is 1. The number of aryl methyl sites for hydroxylation is 1. The van der Waals surface area contributed by atoms with E-state index in [-0.39, 0.29) is 23.2 Å². The van der Waals surface area contributed by atoms with Crippen LogP contribution in [-0.4, -0.2) is 16.7 Å². The molecular formula is C15H18O3.